The number of phenols is 2. The van der Waals surface area contributed by atoms with Crippen molar-refractivity contribution >= 4 is 23.1 Å². The zero-order valence-corrected chi connectivity index (χ0v) is 12.3. The minimum absolute atomic E-state index is 0.0772. The van der Waals surface area contributed by atoms with Crippen LogP contribution < -0.4 is 11.1 Å². The number of aromatic hydroxyl groups is 2. The summed E-state index contributed by atoms with van der Waals surface area (Å²) in [6, 6.07) is 10.7. The quantitative estimate of drug-likeness (QED) is 0.387. The van der Waals surface area contributed by atoms with Crippen LogP contribution in [0.5, 0.6) is 11.5 Å². The molecular formula is C16H18N2O4. The zero-order valence-electron chi connectivity index (χ0n) is 12.3. The molecule has 116 valence electrons. The monoisotopic (exact) mass is 302 g/mol. The second-order valence-electron chi connectivity index (χ2n) is 4.56. The summed E-state index contributed by atoms with van der Waals surface area (Å²) in [5.74, 6) is -0.286. The van der Waals surface area contributed by atoms with Crippen molar-refractivity contribution in [3.63, 3.8) is 0 Å². The summed E-state index contributed by atoms with van der Waals surface area (Å²) >= 11 is 0. The highest BCUT2D eigenvalue weighted by atomic mass is 16.3. The summed E-state index contributed by atoms with van der Waals surface area (Å²) in [6.07, 6.45) is 0. The third-order valence-electron chi connectivity index (χ3n) is 2.59. The molecule has 0 unspecified atom stereocenters. The number of Topliss-reactive ketones (excluding diaryl/α,β-unsaturated/α-hetero) is 1. The Morgan fingerprint density at radius 3 is 2.05 bits per heavy atom. The molecule has 0 aliphatic rings. The van der Waals surface area contributed by atoms with E-state index in [4.69, 9.17) is 10.8 Å². The van der Waals surface area contributed by atoms with Gasteiger partial charge in [0, 0.05) is 18.3 Å². The van der Waals surface area contributed by atoms with Gasteiger partial charge in [-0.25, -0.2) is 0 Å². The summed E-state index contributed by atoms with van der Waals surface area (Å²) in [4.78, 5) is 21.8. The smallest absolute Gasteiger partial charge is 0.221 e. The van der Waals surface area contributed by atoms with E-state index < -0.39 is 0 Å². The Labute approximate surface area is 128 Å². The number of phenolic OH excluding ortho intramolecular Hbond substituents is 2. The number of anilines is 2. The van der Waals surface area contributed by atoms with E-state index in [0.717, 1.165) is 0 Å². The fraction of sp³-hybridized carbons (Fsp3) is 0.125. The Balaban J connectivity index is 0.000000255. The molecule has 0 aliphatic carbocycles. The summed E-state index contributed by atoms with van der Waals surface area (Å²) < 4.78 is 0. The van der Waals surface area contributed by atoms with Gasteiger partial charge in [0.05, 0.1) is 5.56 Å². The van der Waals surface area contributed by atoms with Crippen molar-refractivity contribution in [3.05, 3.63) is 48.0 Å². The van der Waals surface area contributed by atoms with Crippen molar-refractivity contribution in [3.8, 4) is 11.5 Å². The number of nitrogens with two attached hydrogens (primary N) is 1. The first-order valence-electron chi connectivity index (χ1n) is 6.45. The molecule has 5 N–H and O–H groups in total. The second kappa shape index (κ2) is 7.68. The van der Waals surface area contributed by atoms with Crippen LogP contribution in [0.1, 0.15) is 24.2 Å². The molecule has 0 atom stereocenters. The molecule has 0 saturated carbocycles. The van der Waals surface area contributed by atoms with E-state index in [-0.39, 0.29) is 28.8 Å². The first-order valence-corrected chi connectivity index (χ1v) is 6.45. The highest BCUT2D eigenvalue weighted by Crippen LogP contribution is 2.21. The maximum atomic E-state index is 11.0. The van der Waals surface area contributed by atoms with E-state index in [1.165, 1.54) is 32.0 Å². The van der Waals surface area contributed by atoms with Gasteiger partial charge in [-0.3, -0.25) is 9.59 Å². The molecule has 0 bridgehead atoms. The lowest BCUT2D eigenvalue weighted by Crippen LogP contribution is -2.06. The van der Waals surface area contributed by atoms with E-state index >= 15 is 0 Å². The molecule has 0 heterocycles. The van der Waals surface area contributed by atoms with Crippen LogP contribution in [-0.2, 0) is 4.79 Å². The SMILES string of the molecule is CC(=O)Nc1ccc(O)c(C(C)=O)c1.Nc1ccc(O)cc1. The largest absolute Gasteiger partial charge is 0.508 e. The van der Waals surface area contributed by atoms with Crippen LogP contribution in [0.15, 0.2) is 42.5 Å². The Morgan fingerprint density at radius 2 is 1.59 bits per heavy atom. The molecule has 2 rings (SSSR count). The molecule has 0 spiro atoms. The summed E-state index contributed by atoms with van der Waals surface area (Å²) in [6.45, 7) is 2.73. The first kappa shape index (κ1) is 17.0. The third kappa shape index (κ3) is 5.54. The van der Waals surface area contributed by atoms with Crippen LogP contribution in [0, 0.1) is 0 Å². The van der Waals surface area contributed by atoms with Crippen molar-refractivity contribution < 1.29 is 19.8 Å². The van der Waals surface area contributed by atoms with Crippen molar-refractivity contribution in [2.75, 3.05) is 11.1 Å². The predicted molar refractivity (Wildman–Crippen MR) is 84.9 cm³/mol. The Kier molecular flexibility index (Phi) is 5.95. The number of ketones is 1. The van der Waals surface area contributed by atoms with Crippen LogP contribution in [0.4, 0.5) is 11.4 Å². The first-order chi connectivity index (χ1) is 10.3. The highest BCUT2D eigenvalue weighted by Gasteiger charge is 2.07. The molecular weight excluding hydrogens is 284 g/mol. The number of rotatable bonds is 2. The van der Waals surface area contributed by atoms with Crippen molar-refractivity contribution in [2.45, 2.75) is 13.8 Å². The molecule has 0 aliphatic heterocycles. The summed E-state index contributed by atoms with van der Waals surface area (Å²) in [5.41, 5.74) is 6.69. The van der Waals surface area contributed by atoms with E-state index in [0.29, 0.717) is 11.4 Å². The minimum Gasteiger partial charge on any atom is -0.508 e. The van der Waals surface area contributed by atoms with Crippen LogP contribution in [-0.4, -0.2) is 21.9 Å². The molecule has 0 saturated heterocycles. The van der Waals surface area contributed by atoms with Gasteiger partial charge in [-0.1, -0.05) is 0 Å². The zero-order chi connectivity index (χ0) is 16.7. The van der Waals surface area contributed by atoms with Gasteiger partial charge in [-0.2, -0.15) is 0 Å². The highest BCUT2D eigenvalue weighted by molar-refractivity contribution is 5.99. The Morgan fingerprint density at radius 1 is 1.00 bits per heavy atom. The average molecular weight is 302 g/mol. The van der Waals surface area contributed by atoms with E-state index in [2.05, 4.69) is 5.32 Å². The lowest BCUT2D eigenvalue weighted by Gasteiger charge is -2.05. The van der Waals surface area contributed by atoms with Crippen molar-refractivity contribution in [2.24, 2.45) is 0 Å². The standard InChI is InChI=1S/C10H11NO3.C6H7NO/c1-6(12)9-5-8(11-7(2)13)3-4-10(9)14;7-5-1-3-6(8)4-2-5/h3-5,14H,1-2H3,(H,11,13);1-4,8H,7H2. The number of carbonyl (C=O) groups excluding carboxylic acids is 2. The van der Waals surface area contributed by atoms with Gasteiger partial charge < -0.3 is 21.3 Å². The molecule has 0 fully saturated rings. The maximum absolute atomic E-state index is 11.0. The van der Waals surface area contributed by atoms with Crippen molar-refractivity contribution in [1.82, 2.24) is 0 Å². The Bertz CT molecular complexity index is 645. The minimum atomic E-state index is -0.241. The summed E-state index contributed by atoms with van der Waals surface area (Å²) in [7, 11) is 0. The van der Waals surface area contributed by atoms with Gasteiger partial charge in [0.15, 0.2) is 5.78 Å². The van der Waals surface area contributed by atoms with Gasteiger partial charge in [0.2, 0.25) is 5.91 Å². The van der Waals surface area contributed by atoms with Gasteiger partial charge in [-0.05, 0) is 49.4 Å². The van der Waals surface area contributed by atoms with E-state index in [1.807, 2.05) is 0 Å². The number of hydrogen-bond donors (Lipinski definition) is 4. The number of benzene rings is 2. The molecule has 0 aromatic heterocycles. The summed E-state index contributed by atoms with van der Waals surface area (Å²) in [5, 5.41) is 20.5. The van der Waals surface area contributed by atoms with E-state index in [9.17, 15) is 14.7 Å². The van der Waals surface area contributed by atoms with Crippen LogP contribution in [0.25, 0.3) is 0 Å². The average Bonchev–Trinajstić information content (AvgIpc) is 2.44. The molecule has 2 aromatic carbocycles. The van der Waals surface area contributed by atoms with Gasteiger partial charge in [0.1, 0.15) is 11.5 Å². The Hall–Kier alpha value is -3.02. The van der Waals surface area contributed by atoms with Gasteiger partial charge in [-0.15, -0.1) is 0 Å². The van der Waals surface area contributed by atoms with Crippen LogP contribution in [0.3, 0.4) is 0 Å². The normalized spacial score (nSPS) is 9.36. The second-order valence-corrected chi connectivity index (χ2v) is 4.56. The number of nitrogens with one attached hydrogen (secondary N) is 1. The molecule has 1 amide bonds. The fourth-order valence-corrected chi connectivity index (χ4v) is 1.57. The molecule has 22 heavy (non-hydrogen) atoms. The lowest BCUT2D eigenvalue weighted by molar-refractivity contribution is -0.114. The molecule has 6 heteroatoms. The predicted octanol–water partition coefficient (Wildman–Crippen LogP) is 2.53. The van der Waals surface area contributed by atoms with Crippen LogP contribution in [0.2, 0.25) is 0 Å². The van der Waals surface area contributed by atoms with Gasteiger partial charge in [0.25, 0.3) is 0 Å². The number of nitrogen functional groups attached to an aromatic ring is 1. The molecule has 2 aromatic rings. The topological polar surface area (TPSA) is 113 Å². The fourth-order valence-electron chi connectivity index (χ4n) is 1.57. The number of amides is 1. The molecule has 0 radical (unpaired) electrons. The van der Waals surface area contributed by atoms with E-state index in [1.54, 1.807) is 24.3 Å². The third-order valence-corrected chi connectivity index (χ3v) is 2.59. The van der Waals surface area contributed by atoms with Crippen molar-refractivity contribution in [1.29, 1.82) is 0 Å². The molecule has 6 nitrogen and oxygen atoms in total. The van der Waals surface area contributed by atoms with Gasteiger partial charge >= 0.3 is 0 Å². The van der Waals surface area contributed by atoms with Crippen LogP contribution >= 0.6 is 0 Å². The number of carbonyl (C=O) groups is 2. The number of hydrogen-bond acceptors (Lipinski definition) is 5. The lowest BCUT2D eigenvalue weighted by atomic mass is 10.1. The maximum Gasteiger partial charge on any atom is 0.221 e.